The number of hydrogen-bond donors (Lipinski definition) is 2. The Morgan fingerprint density at radius 3 is 2.96 bits per heavy atom. The lowest BCUT2D eigenvalue weighted by Crippen LogP contribution is -2.45. The SMILES string of the molecule is CCn1ccnc1[C@H]1OCC[C@@H]1NC(=O)NCC1(C2CC2)CC1. The van der Waals surface area contributed by atoms with Crippen LogP contribution in [0.3, 0.4) is 0 Å². The fraction of sp³-hybridized carbons (Fsp3) is 0.765. The lowest BCUT2D eigenvalue weighted by molar-refractivity contribution is 0.0901. The third-order valence-electron chi connectivity index (χ3n) is 5.69. The molecule has 1 aromatic heterocycles. The van der Waals surface area contributed by atoms with E-state index in [1.54, 1.807) is 6.20 Å². The quantitative estimate of drug-likeness (QED) is 0.845. The van der Waals surface area contributed by atoms with Gasteiger partial charge in [0, 0.05) is 32.1 Å². The first kappa shape index (κ1) is 15.0. The van der Waals surface area contributed by atoms with E-state index in [4.69, 9.17) is 4.74 Å². The molecule has 1 aromatic rings. The summed E-state index contributed by atoms with van der Waals surface area (Å²) in [5.41, 5.74) is 0.432. The molecule has 0 spiro atoms. The highest BCUT2D eigenvalue weighted by molar-refractivity contribution is 5.74. The number of urea groups is 1. The molecule has 1 aliphatic heterocycles. The average Bonchev–Trinajstić information content (AvgIpc) is 3.44. The van der Waals surface area contributed by atoms with Crippen molar-refractivity contribution < 1.29 is 9.53 Å². The van der Waals surface area contributed by atoms with Crippen molar-refractivity contribution in [3.05, 3.63) is 18.2 Å². The molecule has 0 aromatic carbocycles. The Bertz CT molecular complexity index is 577. The second-order valence-electron chi connectivity index (χ2n) is 7.22. The number of carbonyl (C=O) groups excluding carboxylic acids is 1. The standard InChI is InChI=1S/C17H26N4O2/c1-2-21-9-8-18-15(21)14-13(5-10-23-14)20-16(22)19-11-17(6-7-17)12-3-4-12/h8-9,12-14H,2-7,10-11H2,1H3,(H2,19,20,22)/t13-,14-/m0/s1. The van der Waals surface area contributed by atoms with Crippen molar-refractivity contribution in [2.75, 3.05) is 13.2 Å². The second-order valence-corrected chi connectivity index (χ2v) is 7.22. The van der Waals surface area contributed by atoms with Gasteiger partial charge < -0.3 is 19.9 Å². The number of amides is 2. The van der Waals surface area contributed by atoms with E-state index in [-0.39, 0.29) is 18.2 Å². The van der Waals surface area contributed by atoms with Crippen LogP contribution >= 0.6 is 0 Å². The molecule has 2 atom stereocenters. The Morgan fingerprint density at radius 2 is 2.26 bits per heavy atom. The highest BCUT2D eigenvalue weighted by atomic mass is 16.5. The van der Waals surface area contributed by atoms with Gasteiger partial charge in [-0.2, -0.15) is 0 Å². The van der Waals surface area contributed by atoms with Crippen molar-refractivity contribution in [1.82, 2.24) is 20.2 Å². The van der Waals surface area contributed by atoms with Gasteiger partial charge in [0.05, 0.1) is 6.04 Å². The van der Waals surface area contributed by atoms with E-state index in [1.165, 1.54) is 25.7 Å². The van der Waals surface area contributed by atoms with E-state index in [9.17, 15) is 4.79 Å². The number of aromatic nitrogens is 2. The van der Waals surface area contributed by atoms with E-state index in [1.807, 2.05) is 6.20 Å². The summed E-state index contributed by atoms with van der Waals surface area (Å²) < 4.78 is 7.91. The molecule has 0 radical (unpaired) electrons. The average molecular weight is 318 g/mol. The maximum atomic E-state index is 12.3. The summed E-state index contributed by atoms with van der Waals surface area (Å²) in [6.07, 6.45) is 9.70. The molecule has 0 bridgehead atoms. The number of carbonyl (C=O) groups is 1. The topological polar surface area (TPSA) is 68.2 Å². The monoisotopic (exact) mass is 318 g/mol. The molecule has 0 unspecified atom stereocenters. The molecule has 2 saturated carbocycles. The van der Waals surface area contributed by atoms with E-state index in [0.29, 0.717) is 12.0 Å². The molecule has 2 aliphatic carbocycles. The summed E-state index contributed by atoms with van der Waals surface area (Å²) >= 11 is 0. The summed E-state index contributed by atoms with van der Waals surface area (Å²) in [6, 6.07) is -0.0641. The number of imidazole rings is 1. The maximum absolute atomic E-state index is 12.3. The molecular formula is C17H26N4O2. The van der Waals surface area contributed by atoms with Crippen molar-refractivity contribution in [3.8, 4) is 0 Å². The van der Waals surface area contributed by atoms with Crippen LogP contribution in [0.15, 0.2) is 12.4 Å². The first-order valence-corrected chi connectivity index (χ1v) is 8.89. The highest BCUT2D eigenvalue weighted by Crippen LogP contribution is 2.60. The van der Waals surface area contributed by atoms with Crippen LogP contribution in [-0.4, -0.2) is 34.8 Å². The summed E-state index contributed by atoms with van der Waals surface area (Å²) in [6.45, 7) is 4.43. The number of hydrogen-bond acceptors (Lipinski definition) is 3. The van der Waals surface area contributed by atoms with Crippen molar-refractivity contribution >= 4 is 6.03 Å². The maximum Gasteiger partial charge on any atom is 0.315 e. The predicted octanol–water partition coefficient (Wildman–Crippen LogP) is 2.22. The number of ether oxygens (including phenoxy) is 1. The fourth-order valence-electron chi connectivity index (χ4n) is 3.90. The van der Waals surface area contributed by atoms with Crippen molar-refractivity contribution in [2.24, 2.45) is 11.3 Å². The van der Waals surface area contributed by atoms with Crippen LogP contribution in [0, 0.1) is 11.3 Å². The van der Waals surface area contributed by atoms with Gasteiger partial charge >= 0.3 is 6.03 Å². The van der Waals surface area contributed by atoms with Crippen LogP contribution in [0.25, 0.3) is 0 Å². The summed E-state index contributed by atoms with van der Waals surface area (Å²) in [5, 5.41) is 6.20. The molecule has 2 heterocycles. The number of nitrogens with one attached hydrogen (secondary N) is 2. The Balaban J connectivity index is 1.33. The minimum absolute atomic E-state index is 0.00113. The Kier molecular flexibility index (Phi) is 3.79. The third kappa shape index (κ3) is 2.96. The second kappa shape index (κ2) is 5.82. The lowest BCUT2D eigenvalue weighted by atomic mass is 10.0. The van der Waals surface area contributed by atoms with E-state index in [2.05, 4.69) is 27.1 Å². The number of rotatable bonds is 6. The largest absolute Gasteiger partial charge is 0.368 e. The number of nitrogens with zero attached hydrogens (tertiary/aromatic N) is 2. The molecule has 126 valence electrons. The van der Waals surface area contributed by atoms with Crippen LogP contribution in [0.5, 0.6) is 0 Å². The number of aryl methyl sites for hydroxylation is 1. The first-order valence-electron chi connectivity index (χ1n) is 8.89. The molecule has 3 aliphatic rings. The zero-order chi connectivity index (χ0) is 15.9. The predicted molar refractivity (Wildman–Crippen MR) is 85.9 cm³/mol. The van der Waals surface area contributed by atoms with Gasteiger partial charge in [0.15, 0.2) is 0 Å². The molecule has 3 fully saturated rings. The molecule has 2 amide bonds. The zero-order valence-corrected chi connectivity index (χ0v) is 13.8. The summed E-state index contributed by atoms with van der Waals surface area (Å²) in [4.78, 5) is 16.7. The van der Waals surface area contributed by atoms with E-state index in [0.717, 1.165) is 31.3 Å². The highest BCUT2D eigenvalue weighted by Gasteiger charge is 2.53. The molecule has 6 nitrogen and oxygen atoms in total. The molecular weight excluding hydrogens is 292 g/mol. The first-order chi connectivity index (χ1) is 11.2. The molecule has 6 heteroatoms. The zero-order valence-electron chi connectivity index (χ0n) is 13.8. The lowest BCUT2D eigenvalue weighted by Gasteiger charge is -2.22. The van der Waals surface area contributed by atoms with Crippen LogP contribution in [0.4, 0.5) is 4.79 Å². The van der Waals surface area contributed by atoms with Gasteiger partial charge in [-0.05, 0) is 50.4 Å². The van der Waals surface area contributed by atoms with Gasteiger partial charge in [-0.15, -0.1) is 0 Å². The van der Waals surface area contributed by atoms with Gasteiger partial charge in [-0.3, -0.25) is 0 Å². The molecule has 2 N–H and O–H groups in total. The van der Waals surface area contributed by atoms with Gasteiger partial charge in [-0.25, -0.2) is 9.78 Å². The molecule has 23 heavy (non-hydrogen) atoms. The van der Waals surface area contributed by atoms with E-state index < -0.39 is 0 Å². The minimum Gasteiger partial charge on any atom is -0.368 e. The van der Waals surface area contributed by atoms with Gasteiger partial charge in [-0.1, -0.05) is 0 Å². The van der Waals surface area contributed by atoms with Gasteiger partial charge in [0.1, 0.15) is 11.9 Å². The fourth-order valence-corrected chi connectivity index (χ4v) is 3.90. The van der Waals surface area contributed by atoms with Crippen LogP contribution < -0.4 is 10.6 Å². The van der Waals surface area contributed by atoms with Crippen LogP contribution in [0.1, 0.15) is 51.0 Å². The molecule has 1 saturated heterocycles. The van der Waals surface area contributed by atoms with Crippen molar-refractivity contribution in [1.29, 1.82) is 0 Å². The third-order valence-corrected chi connectivity index (χ3v) is 5.69. The Hall–Kier alpha value is -1.56. The smallest absolute Gasteiger partial charge is 0.315 e. The van der Waals surface area contributed by atoms with Gasteiger partial charge in [0.25, 0.3) is 0 Å². The Morgan fingerprint density at radius 1 is 1.43 bits per heavy atom. The molecule has 4 rings (SSSR count). The van der Waals surface area contributed by atoms with Crippen LogP contribution in [0.2, 0.25) is 0 Å². The van der Waals surface area contributed by atoms with Crippen molar-refractivity contribution in [2.45, 2.75) is 57.7 Å². The summed E-state index contributed by atoms with van der Waals surface area (Å²) in [5.74, 6) is 1.77. The van der Waals surface area contributed by atoms with Crippen LogP contribution in [-0.2, 0) is 11.3 Å². The van der Waals surface area contributed by atoms with Crippen molar-refractivity contribution in [3.63, 3.8) is 0 Å². The minimum atomic E-state index is -0.144. The normalized spacial score (nSPS) is 28.6. The van der Waals surface area contributed by atoms with E-state index >= 15 is 0 Å². The van der Waals surface area contributed by atoms with Gasteiger partial charge in [0.2, 0.25) is 0 Å². The Labute approximate surface area is 137 Å². The summed E-state index contributed by atoms with van der Waals surface area (Å²) in [7, 11) is 0.